The van der Waals surface area contributed by atoms with Crippen LogP contribution in [-0.2, 0) is 9.53 Å². The van der Waals surface area contributed by atoms with Gasteiger partial charge in [0.2, 0.25) is 0 Å². The van der Waals surface area contributed by atoms with Crippen LogP contribution in [0.3, 0.4) is 0 Å². The number of nitrogens with zero attached hydrogens (tertiary/aromatic N) is 1. The number of likely N-dealkylation sites (tertiary alicyclic amines) is 1. The number of alkyl halides is 1. The molecular weight excluding hydrogens is 241 g/mol. The minimum Gasteiger partial charge on any atom is -0.480 e. The number of hydrogen-bond acceptors (Lipinski definition) is 3. The lowest BCUT2D eigenvalue weighted by molar-refractivity contribution is -0.146. The van der Waals surface area contributed by atoms with E-state index in [1.54, 1.807) is 20.8 Å². The summed E-state index contributed by atoms with van der Waals surface area (Å²) in [5, 5.41) is 9.15. The van der Waals surface area contributed by atoms with E-state index in [1.807, 2.05) is 0 Å². The maximum Gasteiger partial charge on any atom is 0.411 e. The van der Waals surface area contributed by atoms with Crippen LogP contribution in [0.5, 0.6) is 0 Å². The summed E-state index contributed by atoms with van der Waals surface area (Å²) in [5.41, 5.74) is -0.683. The number of hydrogen-bond donors (Lipinski definition) is 1. The van der Waals surface area contributed by atoms with E-state index in [4.69, 9.17) is 9.84 Å². The van der Waals surface area contributed by atoms with Crippen LogP contribution in [-0.4, -0.2) is 45.9 Å². The predicted octanol–water partition coefficient (Wildman–Crippen LogP) is 1.81. The van der Waals surface area contributed by atoms with Gasteiger partial charge in [-0.15, -0.1) is 0 Å². The molecule has 0 radical (unpaired) electrons. The van der Waals surface area contributed by atoms with E-state index in [-0.39, 0.29) is 12.5 Å². The fourth-order valence-corrected chi connectivity index (χ4v) is 2.86. The summed E-state index contributed by atoms with van der Waals surface area (Å²) in [4.78, 5) is 24.4. The van der Waals surface area contributed by atoms with Crippen molar-refractivity contribution in [2.75, 3.05) is 0 Å². The van der Waals surface area contributed by atoms with Crippen LogP contribution < -0.4 is 0 Å². The highest BCUT2D eigenvalue weighted by Crippen LogP contribution is 2.44. The minimum absolute atomic E-state index is 0.216. The fraction of sp³-hybridized carbons (Fsp3) is 0.833. The molecule has 0 aromatic heterocycles. The Balaban J connectivity index is 2.17. The molecule has 2 aliphatic rings. The fourth-order valence-electron chi connectivity index (χ4n) is 2.86. The zero-order valence-electron chi connectivity index (χ0n) is 10.7. The molecule has 1 saturated carbocycles. The standard InChI is InChI=1S/C12H18FNO4/c1-12(2,3)18-11(17)14-6-4-7(8(13)5-6)9(14)10(15)16/h6-9H,4-5H2,1-3H3,(H,15,16)/t6?,7-,8-,9-/m0/s1. The van der Waals surface area contributed by atoms with Crippen molar-refractivity contribution < 1.29 is 23.8 Å². The summed E-state index contributed by atoms with van der Waals surface area (Å²) >= 11 is 0. The number of carboxylic acids is 1. The van der Waals surface area contributed by atoms with Crippen LogP contribution in [0.25, 0.3) is 0 Å². The molecule has 1 aliphatic heterocycles. The van der Waals surface area contributed by atoms with Crippen molar-refractivity contribution >= 4 is 12.1 Å². The predicted molar refractivity (Wildman–Crippen MR) is 60.9 cm³/mol. The molecule has 18 heavy (non-hydrogen) atoms. The van der Waals surface area contributed by atoms with Gasteiger partial charge in [-0.2, -0.15) is 0 Å². The van der Waals surface area contributed by atoms with Crippen LogP contribution in [0.2, 0.25) is 0 Å². The Morgan fingerprint density at radius 2 is 1.94 bits per heavy atom. The SMILES string of the molecule is CC(C)(C)OC(=O)N1C2C[C@H]([C@H]1C(=O)O)[C@@H](F)C2. The second kappa shape index (κ2) is 4.10. The molecule has 0 spiro atoms. The summed E-state index contributed by atoms with van der Waals surface area (Å²) in [6, 6.07) is -1.44. The molecule has 1 unspecified atom stereocenters. The monoisotopic (exact) mass is 259 g/mol. The molecule has 5 nitrogen and oxygen atoms in total. The molecule has 0 aromatic rings. The number of ether oxygens (including phenoxy) is 1. The summed E-state index contributed by atoms with van der Waals surface area (Å²) < 4.78 is 18.8. The molecule has 1 aliphatic carbocycles. The molecular formula is C12H18FNO4. The number of carbonyl (C=O) groups excluding carboxylic acids is 1. The van der Waals surface area contributed by atoms with Gasteiger partial charge in [0, 0.05) is 12.0 Å². The molecule has 0 aromatic carbocycles. The minimum atomic E-state index is -1.16. The molecule has 1 amide bonds. The zero-order valence-corrected chi connectivity index (χ0v) is 10.7. The van der Waals surface area contributed by atoms with Gasteiger partial charge in [0.15, 0.2) is 0 Å². The van der Waals surface area contributed by atoms with Gasteiger partial charge in [0.25, 0.3) is 0 Å². The van der Waals surface area contributed by atoms with E-state index in [0.29, 0.717) is 6.42 Å². The molecule has 1 heterocycles. The quantitative estimate of drug-likeness (QED) is 0.779. The average Bonchev–Trinajstić information content (AvgIpc) is 2.69. The largest absolute Gasteiger partial charge is 0.480 e. The van der Waals surface area contributed by atoms with E-state index in [1.165, 1.54) is 4.90 Å². The lowest BCUT2D eigenvalue weighted by Crippen LogP contribution is -2.53. The molecule has 2 fully saturated rings. The smallest absolute Gasteiger partial charge is 0.411 e. The van der Waals surface area contributed by atoms with Crippen molar-refractivity contribution in [3.63, 3.8) is 0 Å². The third-order valence-corrected chi connectivity index (χ3v) is 3.46. The van der Waals surface area contributed by atoms with Gasteiger partial charge in [-0.25, -0.2) is 14.0 Å². The first-order chi connectivity index (χ1) is 8.20. The molecule has 4 atom stereocenters. The molecule has 6 heteroatoms. The van der Waals surface area contributed by atoms with E-state index in [2.05, 4.69) is 0 Å². The Morgan fingerprint density at radius 3 is 2.44 bits per heavy atom. The Bertz CT molecular complexity index is 379. The third-order valence-electron chi connectivity index (χ3n) is 3.46. The van der Waals surface area contributed by atoms with E-state index < -0.39 is 35.8 Å². The Morgan fingerprint density at radius 1 is 1.33 bits per heavy atom. The third kappa shape index (κ3) is 2.15. The summed E-state index contributed by atoms with van der Waals surface area (Å²) in [6.45, 7) is 5.15. The number of amides is 1. The number of carboxylic acid groups (broad SMARTS) is 1. The number of fused-ring (bicyclic) bond motifs is 2. The number of rotatable bonds is 1. The van der Waals surface area contributed by atoms with Crippen molar-refractivity contribution in [3.8, 4) is 0 Å². The highest BCUT2D eigenvalue weighted by molar-refractivity contribution is 5.82. The van der Waals surface area contributed by atoms with Gasteiger partial charge in [-0.05, 0) is 33.6 Å². The van der Waals surface area contributed by atoms with Crippen molar-refractivity contribution in [1.29, 1.82) is 0 Å². The normalized spacial score (nSPS) is 34.8. The first-order valence-corrected chi connectivity index (χ1v) is 6.09. The van der Waals surface area contributed by atoms with Crippen LogP contribution in [0.4, 0.5) is 9.18 Å². The molecule has 102 valence electrons. The zero-order chi connectivity index (χ0) is 13.7. The lowest BCUT2D eigenvalue weighted by Gasteiger charge is -2.35. The van der Waals surface area contributed by atoms with Gasteiger partial charge in [0.05, 0.1) is 0 Å². The Hall–Kier alpha value is -1.33. The van der Waals surface area contributed by atoms with Crippen molar-refractivity contribution in [2.24, 2.45) is 5.92 Å². The highest BCUT2D eigenvalue weighted by atomic mass is 19.1. The van der Waals surface area contributed by atoms with Crippen LogP contribution in [0, 0.1) is 5.92 Å². The number of piperidine rings is 1. The number of carbonyl (C=O) groups is 2. The first-order valence-electron chi connectivity index (χ1n) is 6.09. The van der Waals surface area contributed by atoms with Crippen LogP contribution in [0.15, 0.2) is 0 Å². The maximum atomic E-state index is 13.6. The van der Waals surface area contributed by atoms with Gasteiger partial charge in [-0.3, -0.25) is 4.90 Å². The van der Waals surface area contributed by atoms with Crippen molar-refractivity contribution in [1.82, 2.24) is 4.90 Å². The van der Waals surface area contributed by atoms with Crippen LogP contribution >= 0.6 is 0 Å². The Labute approximate surface area is 105 Å². The average molecular weight is 259 g/mol. The second-order valence-corrected chi connectivity index (χ2v) is 5.98. The van der Waals surface area contributed by atoms with Crippen molar-refractivity contribution in [2.45, 2.75) is 57.5 Å². The summed E-state index contributed by atoms with van der Waals surface area (Å²) in [7, 11) is 0. The molecule has 1 N–H and O–H groups in total. The lowest BCUT2D eigenvalue weighted by atomic mass is 9.97. The van der Waals surface area contributed by atoms with Gasteiger partial charge < -0.3 is 9.84 Å². The second-order valence-electron chi connectivity index (χ2n) is 5.98. The molecule has 2 bridgehead atoms. The van der Waals surface area contributed by atoms with Gasteiger partial charge in [0.1, 0.15) is 17.8 Å². The summed E-state index contributed by atoms with van der Waals surface area (Å²) in [5.74, 6) is -1.75. The topological polar surface area (TPSA) is 66.8 Å². The molecule has 2 rings (SSSR count). The number of halogens is 1. The van der Waals surface area contributed by atoms with Gasteiger partial charge in [-0.1, -0.05) is 0 Å². The van der Waals surface area contributed by atoms with Crippen molar-refractivity contribution in [3.05, 3.63) is 0 Å². The Kier molecular flexibility index (Phi) is 2.99. The van der Waals surface area contributed by atoms with Crippen LogP contribution in [0.1, 0.15) is 33.6 Å². The first kappa shape index (κ1) is 13.1. The highest BCUT2D eigenvalue weighted by Gasteiger charge is 2.57. The van der Waals surface area contributed by atoms with E-state index >= 15 is 0 Å². The van der Waals surface area contributed by atoms with Gasteiger partial charge >= 0.3 is 12.1 Å². The summed E-state index contributed by atoms with van der Waals surface area (Å²) in [6.07, 6.45) is -1.16. The van der Waals surface area contributed by atoms with E-state index in [0.717, 1.165) is 0 Å². The number of aliphatic carboxylic acids is 1. The van der Waals surface area contributed by atoms with E-state index in [9.17, 15) is 14.0 Å². The maximum absolute atomic E-state index is 13.6. The molecule has 1 saturated heterocycles.